The van der Waals surface area contributed by atoms with Crippen molar-refractivity contribution in [3.63, 3.8) is 0 Å². The lowest BCUT2D eigenvalue weighted by atomic mass is 9.87. The summed E-state index contributed by atoms with van der Waals surface area (Å²) >= 11 is 0. The number of hydrogen-bond donors (Lipinski definition) is 2. The van der Waals surface area contributed by atoms with Gasteiger partial charge in [0.2, 0.25) is 0 Å². The van der Waals surface area contributed by atoms with Gasteiger partial charge in [-0.1, -0.05) is 31.0 Å². The van der Waals surface area contributed by atoms with Gasteiger partial charge in [-0.2, -0.15) is 0 Å². The summed E-state index contributed by atoms with van der Waals surface area (Å²) in [6.07, 6.45) is 4.75. The van der Waals surface area contributed by atoms with Crippen LogP contribution in [0.4, 0.5) is 0 Å². The summed E-state index contributed by atoms with van der Waals surface area (Å²) in [6, 6.07) is 8.43. The first-order chi connectivity index (χ1) is 9.71. The van der Waals surface area contributed by atoms with E-state index in [4.69, 9.17) is 4.74 Å². The molecule has 0 heterocycles. The lowest BCUT2D eigenvalue weighted by Crippen LogP contribution is -2.36. The van der Waals surface area contributed by atoms with Crippen LogP contribution in [0.25, 0.3) is 0 Å². The second kappa shape index (κ2) is 7.09. The normalized spacial score (nSPS) is 18.9. The fourth-order valence-corrected chi connectivity index (χ4v) is 3.12. The van der Waals surface area contributed by atoms with Gasteiger partial charge in [0.25, 0.3) is 0 Å². The number of hydrogen-bond acceptors (Lipinski definition) is 3. The summed E-state index contributed by atoms with van der Waals surface area (Å²) in [5.74, 6) is 0.958. The zero-order valence-electron chi connectivity index (χ0n) is 12.7. The van der Waals surface area contributed by atoms with Crippen LogP contribution < -0.4 is 10.1 Å². The smallest absolute Gasteiger partial charge is 0.124 e. The number of rotatable bonds is 7. The van der Waals surface area contributed by atoms with Crippen LogP contribution in [0.1, 0.15) is 51.1 Å². The number of aliphatic hydroxyl groups is 1. The van der Waals surface area contributed by atoms with E-state index >= 15 is 0 Å². The van der Waals surface area contributed by atoms with Gasteiger partial charge in [0, 0.05) is 30.2 Å². The third kappa shape index (κ3) is 3.53. The van der Waals surface area contributed by atoms with Crippen LogP contribution in [-0.2, 0) is 0 Å². The molecule has 3 heteroatoms. The maximum atomic E-state index is 9.67. The molecule has 3 nitrogen and oxygen atoms in total. The fourth-order valence-electron chi connectivity index (χ4n) is 3.12. The molecule has 0 spiro atoms. The summed E-state index contributed by atoms with van der Waals surface area (Å²) in [5.41, 5.74) is 1.29. The first-order valence-corrected chi connectivity index (χ1v) is 7.77. The Bertz CT molecular complexity index is 413. The molecule has 2 N–H and O–H groups in total. The lowest BCUT2D eigenvalue weighted by Gasteiger charge is -2.29. The van der Waals surface area contributed by atoms with Gasteiger partial charge < -0.3 is 15.2 Å². The minimum atomic E-state index is 0.0921. The quantitative estimate of drug-likeness (QED) is 0.803. The van der Waals surface area contributed by atoms with Crippen molar-refractivity contribution in [2.24, 2.45) is 5.41 Å². The van der Waals surface area contributed by atoms with E-state index < -0.39 is 0 Å². The Morgan fingerprint density at radius 1 is 1.30 bits per heavy atom. The average molecular weight is 277 g/mol. The number of aliphatic hydroxyl groups excluding tert-OH is 1. The minimum Gasteiger partial charge on any atom is -0.494 e. The highest BCUT2D eigenvalue weighted by atomic mass is 16.5. The number of ether oxygens (including phenoxy) is 1. The molecule has 20 heavy (non-hydrogen) atoms. The topological polar surface area (TPSA) is 41.5 Å². The summed E-state index contributed by atoms with van der Waals surface area (Å²) in [7, 11) is 0. The standard InChI is InChI=1S/C17H27NO2/c1-3-20-16-9-5-4-8-15(16)14(2)18-12-17(13-19)10-6-7-11-17/h4-5,8-9,14,18-19H,3,6-7,10-13H2,1-2H3. The van der Waals surface area contributed by atoms with Crippen molar-refractivity contribution in [2.75, 3.05) is 19.8 Å². The highest BCUT2D eigenvalue weighted by Gasteiger charge is 2.33. The van der Waals surface area contributed by atoms with E-state index in [1.165, 1.54) is 18.4 Å². The molecule has 1 saturated carbocycles. The van der Waals surface area contributed by atoms with Crippen molar-refractivity contribution in [1.82, 2.24) is 5.32 Å². The van der Waals surface area contributed by atoms with Crippen LogP contribution >= 0.6 is 0 Å². The number of nitrogens with one attached hydrogen (secondary N) is 1. The molecule has 0 saturated heterocycles. The molecule has 0 aromatic heterocycles. The maximum Gasteiger partial charge on any atom is 0.124 e. The Labute approximate surface area is 122 Å². The Morgan fingerprint density at radius 2 is 2.00 bits per heavy atom. The van der Waals surface area contributed by atoms with Crippen molar-refractivity contribution >= 4 is 0 Å². The van der Waals surface area contributed by atoms with E-state index in [1.807, 2.05) is 25.1 Å². The molecule has 1 aromatic carbocycles. The first-order valence-electron chi connectivity index (χ1n) is 7.77. The van der Waals surface area contributed by atoms with Crippen LogP contribution in [0, 0.1) is 5.41 Å². The Morgan fingerprint density at radius 3 is 2.65 bits per heavy atom. The molecule has 112 valence electrons. The van der Waals surface area contributed by atoms with Crippen LogP contribution in [0.2, 0.25) is 0 Å². The van der Waals surface area contributed by atoms with E-state index in [0.717, 1.165) is 25.1 Å². The summed E-state index contributed by atoms with van der Waals surface area (Å²) < 4.78 is 5.69. The van der Waals surface area contributed by atoms with Crippen LogP contribution in [0.15, 0.2) is 24.3 Å². The van der Waals surface area contributed by atoms with E-state index in [-0.39, 0.29) is 11.5 Å². The van der Waals surface area contributed by atoms with Crippen LogP contribution in [0.3, 0.4) is 0 Å². The van der Waals surface area contributed by atoms with Crippen molar-refractivity contribution in [3.05, 3.63) is 29.8 Å². The predicted octanol–water partition coefficient (Wildman–Crippen LogP) is 3.29. The molecule has 1 atom stereocenters. The van der Waals surface area contributed by atoms with E-state index in [2.05, 4.69) is 18.3 Å². The molecular formula is C17H27NO2. The first kappa shape index (κ1) is 15.3. The molecule has 0 bridgehead atoms. The molecule has 1 aliphatic carbocycles. The zero-order chi connectivity index (χ0) is 14.4. The van der Waals surface area contributed by atoms with E-state index in [9.17, 15) is 5.11 Å². The fraction of sp³-hybridized carbons (Fsp3) is 0.647. The Balaban J connectivity index is 1.99. The molecule has 0 aliphatic heterocycles. The van der Waals surface area contributed by atoms with Gasteiger partial charge in [-0.3, -0.25) is 0 Å². The van der Waals surface area contributed by atoms with E-state index in [1.54, 1.807) is 0 Å². The van der Waals surface area contributed by atoms with Gasteiger partial charge in [0.05, 0.1) is 6.61 Å². The highest BCUT2D eigenvalue weighted by molar-refractivity contribution is 5.35. The van der Waals surface area contributed by atoms with Gasteiger partial charge in [0.1, 0.15) is 5.75 Å². The van der Waals surface area contributed by atoms with Gasteiger partial charge in [-0.25, -0.2) is 0 Å². The molecule has 1 aliphatic rings. The SMILES string of the molecule is CCOc1ccccc1C(C)NCC1(CO)CCCC1. The highest BCUT2D eigenvalue weighted by Crippen LogP contribution is 2.37. The maximum absolute atomic E-state index is 9.67. The van der Waals surface area contributed by atoms with Crippen LogP contribution in [-0.4, -0.2) is 24.9 Å². The summed E-state index contributed by atoms with van der Waals surface area (Å²) in [6.45, 7) is 6.03. The molecular weight excluding hydrogens is 250 g/mol. The van der Waals surface area contributed by atoms with Crippen molar-refractivity contribution in [2.45, 2.75) is 45.6 Å². The molecule has 2 rings (SSSR count). The molecule has 1 fully saturated rings. The molecule has 0 amide bonds. The Kier molecular flexibility index (Phi) is 5.44. The molecule has 0 radical (unpaired) electrons. The molecule has 1 unspecified atom stereocenters. The lowest BCUT2D eigenvalue weighted by molar-refractivity contribution is 0.125. The summed E-state index contributed by atoms with van der Waals surface area (Å²) in [4.78, 5) is 0. The van der Waals surface area contributed by atoms with Crippen LogP contribution in [0.5, 0.6) is 5.75 Å². The van der Waals surface area contributed by atoms with Gasteiger partial charge in [-0.05, 0) is 32.8 Å². The van der Waals surface area contributed by atoms with Crippen molar-refractivity contribution in [1.29, 1.82) is 0 Å². The second-order valence-electron chi connectivity index (χ2n) is 5.94. The van der Waals surface area contributed by atoms with Gasteiger partial charge >= 0.3 is 0 Å². The second-order valence-corrected chi connectivity index (χ2v) is 5.94. The third-order valence-corrected chi connectivity index (χ3v) is 4.47. The predicted molar refractivity (Wildman–Crippen MR) is 82.0 cm³/mol. The van der Waals surface area contributed by atoms with Crippen molar-refractivity contribution in [3.8, 4) is 5.75 Å². The minimum absolute atomic E-state index is 0.0921. The number of para-hydroxylation sites is 1. The zero-order valence-corrected chi connectivity index (χ0v) is 12.7. The van der Waals surface area contributed by atoms with Crippen molar-refractivity contribution < 1.29 is 9.84 Å². The Hall–Kier alpha value is -1.06. The van der Waals surface area contributed by atoms with E-state index in [0.29, 0.717) is 13.2 Å². The largest absolute Gasteiger partial charge is 0.494 e. The average Bonchev–Trinajstić information content (AvgIpc) is 2.95. The summed E-state index contributed by atoms with van der Waals surface area (Å²) in [5, 5.41) is 13.3. The third-order valence-electron chi connectivity index (χ3n) is 4.47. The van der Waals surface area contributed by atoms with Gasteiger partial charge in [-0.15, -0.1) is 0 Å². The molecule has 1 aromatic rings. The number of benzene rings is 1. The monoisotopic (exact) mass is 277 g/mol. The van der Waals surface area contributed by atoms with Gasteiger partial charge in [0.15, 0.2) is 0 Å².